The van der Waals surface area contributed by atoms with Crippen LogP contribution in [0.25, 0.3) is 6.08 Å². The van der Waals surface area contributed by atoms with Crippen molar-refractivity contribution < 1.29 is 29.3 Å². The number of carboxylic acids is 2. The number of hydrogen-bond donors (Lipinski definition) is 2. The van der Waals surface area contributed by atoms with Crippen molar-refractivity contribution in [3.05, 3.63) is 59.7 Å². The van der Waals surface area contributed by atoms with Crippen LogP contribution < -0.4 is 9.64 Å². The van der Waals surface area contributed by atoms with Gasteiger partial charge in [0, 0.05) is 4.90 Å². The molecule has 7 nitrogen and oxygen atoms in total. The Morgan fingerprint density at radius 1 is 1.14 bits per heavy atom. The van der Waals surface area contributed by atoms with Gasteiger partial charge >= 0.3 is 11.9 Å². The zero-order valence-corrected chi connectivity index (χ0v) is 15.5. The Balaban J connectivity index is 1.33. The van der Waals surface area contributed by atoms with E-state index < -0.39 is 17.5 Å². The molecular formula is C20H17NO6S. The smallest absolute Gasteiger partial charge is 0.343 e. The lowest BCUT2D eigenvalue weighted by Gasteiger charge is -2.15. The van der Waals surface area contributed by atoms with Gasteiger partial charge in [-0.1, -0.05) is 24.3 Å². The van der Waals surface area contributed by atoms with E-state index in [4.69, 9.17) is 19.7 Å². The summed E-state index contributed by atoms with van der Waals surface area (Å²) in [4.78, 5) is 25.3. The molecule has 0 aliphatic carbocycles. The summed E-state index contributed by atoms with van der Waals surface area (Å²) in [5.74, 6) is -1.50. The Morgan fingerprint density at radius 2 is 1.86 bits per heavy atom. The molecule has 0 bridgehead atoms. The molecule has 2 unspecified atom stereocenters. The summed E-state index contributed by atoms with van der Waals surface area (Å²) in [7, 11) is 0. The molecule has 0 amide bonds. The van der Waals surface area contributed by atoms with Gasteiger partial charge < -0.3 is 24.6 Å². The Hall–Kier alpha value is -2.97. The molecule has 0 spiro atoms. The number of rotatable bonds is 7. The minimum absolute atomic E-state index is 0.00653. The van der Waals surface area contributed by atoms with Crippen LogP contribution in [0.5, 0.6) is 5.75 Å². The standard InChI is InChI=1S/C20H17NO6S/c22-19(23)14(20(24)25)9-12-5-7-13(8-6-12)26-10-16-18(27-16)21-11-28-17-4-2-1-3-15(17)21/h1-9,16,18H,10-11H2,(H,22,23)(H,24,25). The van der Waals surface area contributed by atoms with Crippen LogP contribution in [0.4, 0.5) is 5.69 Å². The highest BCUT2D eigenvalue weighted by molar-refractivity contribution is 7.99. The van der Waals surface area contributed by atoms with Crippen molar-refractivity contribution in [2.75, 3.05) is 17.4 Å². The molecule has 4 rings (SSSR count). The fraction of sp³-hybridized carbons (Fsp3) is 0.200. The van der Waals surface area contributed by atoms with E-state index in [0.717, 1.165) is 12.0 Å². The predicted molar refractivity (Wildman–Crippen MR) is 103 cm³/mol. The van der Waals surface area contributed by atoms with Crippen LogP contribution in [-0.4, -0.2) is 47.0 Å². The summed E-state index contributed by atoms with van der Waals surface area (Å²) in [6.45, 7) is 0.401. The number of hydrogen-bond acceptors (Lipinski definition) is 6. The quantitative estimate of drug-likeness (QED) is 0.317. The van der Waals surface area contributed by atoms with Gasteiger partial charge in [0.1, 0.15) is 24.0 Å². The van der Waals surface area contributed by atoms with Gasteiger partial charge in [0.25, 0.3) is 0 Å². The summed E-state index contributed by atoms with van der Waals surface area (Å²) in [5, 5.41) is 17.8. The molecule has 2 atom stereocenters. The minimum atomic E-state index is -1.48. The topological polar surface area (TPSA) is 99.6 Å². The van der Waals surface area contributed by atoms with Gasteiger partial charge in [0.2, 0.25) is 0 Å². The van der Waals surface area contributed by atoms with Crippen LogP contribution in [0.3, 0.4) is 0 Å². The lowest BCUT2D eigenvalue weighted by Crippen LogP contribution is -2.26. The summed E-state index contributed by atoms with van der Waals surface area (Å²) < 4.78 is 11.5. The van der Waals surface area contributed by atoms with Gasteiger partial charge in [-0.2, -0.15) is 0 Å². The Morgan fingerprint density at radius 3 is 2.57 bits per heavy atom. The molecule has 1 fully saturated rings. The molecular weight excluding hydrogens is 382 g/mol. The first kappa shape index (κ1) is 18.4. The first-order valence-electron chi connectivity index (χ1n) is 8.58. The van der Waals surface area contributed by atoms with Crippen LogP contribution in [0, 0.1) is 0 Å². The van der Waals surface area contributed by atoms with Crippen LogP contribution in [0.2, 0.25) is 0 Å². The second kappa shape index (κ2) is 7.57. The number of carboxylic acid groups (broad SMARTS) is 2. The van der Waals surface area contributed by atoms with Crippen molar-refractivity contribution in [3.8, 4) is 5.75 Å². The number of fused-ring (bicyclic) bond motifs is 1. The molecule has 0 saturated carbocycles. The molecule has 2 heterocycles. The number of epoxide rings is 1. The van der Waals surface area contributed by atoms with Gasteiger partial charge in [-0.3, -0.25) is 0 Å². The molecule has 2 aliphatic heterocycles. The predicted octanol–water partition coefficient (Wildman–Crippen LogP) is 2.91. The molecule has 2 aromatic carbocycles. The fourth-order valence-corrected chi connectivity index (χ4v) is 4.06. The summed E-state index contributed by atoms with van der Waals surface area (Å²) >= 11 is 1.79. The van der Waals surface area contributed by atoms with E-state index >= 15 is 0 Å². The lowest BCUT2D eigenvalue weighted by atomic mass is 10.1. The third kappa shape index (κ3) is 3.83. The summed E-state index contributed by atoms with van der Waals surface area (Å²) in [5.41, 5.74) is 0.967. The molecule has 28 heavy (non-hydrogen) atoms. The third-order valence-corrected chi connectivity index (χ3v) is 5.53. The zero-order valence-electron chi connectivity index (χ0n) is 14.6. The molecule has 2 N–H and O–H groups in total. The molecule has 1 saturated heterocycles. The van der Waals surface area contributed by atoms with E-state index in [-0.39, 0.29) is 12.3 Å². The SMILES string of the molecule is O=C(O)C(=Cc1ccc(OCC2OC2N2CSc3ccccc32)cc1)C(=O)O. The molecule has 2 aromatic rings. The van der Waals surface area contributed by atoms with E-state index in [0.29, 0.717) is 17.9 Å². The van der Waals surface area contributed by atoms with Crippen molar-refractivity contribution in [2.45, 2.75) is 17.2 Å². The molecule has 0 radical (unpaired) electrons. The Bertz CT molecular complexity index is 926. The maximum atomic E-state index is 10.9. The largest absolute Gasteiger partial charge is 0.491 e. The minimum Gasteiger partial charge on any atom is -0.491 e. The van der Waals surface area contributed by atoms with Crippen molar-refractivity contribution in [3.63, 3.8) is 0 Å². The highest BCUT2D eigenvalue weighted by Gasteiger charge is 2.46. The maximum Gasteiger partial charge on any atom is 0.343 e. The second-order valence-electron chi connectivity index (χ2n) is 6.32. The Kier molecular flexibility index (Phi) is 4.97. The zero-order chi connectivity index (χ0) is 19.7. The number of para-hydroxylation sites is 1. The van der Waals surface area contributed by atoms with Crippen molar-refractivity contribution >= 4 is 35.5 Å². The third-order valence-electron chi connectivity index (χ3n) is 4.46. The van der Waals surface area contributed by atoms with E-state index in [2.05, 4.69) is 17.0 Å². The van der Waals surface area contributed by atoms with Crippen molar-refractivity contribution in [1.29, 1.82) is 0 Å². The highest BCUT2D eigenvalue weighted by Crippen LogP contribution is 2.43. The number of anilines is 1. The molecule has 144 valence electrons. The first-order chi connectivity index (χ1) is 13.5. The lowest BCUT2D eigenvalue weighted by molar-refractivity contribution is -0.140. The Labute approximate surface area is 165 Å². The average molecular weight is 399 g/mol. The summed E-state index contributed by atoms with van der Waals surface area (Å²) in [6.07, 6.45) is 1.10. The average Bonchev–Trinajstić information content (AvgIpc) is 3.33. The van der Waals surface area contributed by atoms with Gasteiger partial charge in [0.15, 0.2) is 6.23 Å². The van der Waals surface area contributed by atoms with Gasteiger partial charge in [-0.05, 0) is 35.9 Å². The van der Waals surface area contributed by atoms with E-state index in [1.54, 1.807) is 36.0 Å². The molecule has 0 aromatic heterocycles. The van der Waals surface area contributed by atoms with Crippen LogP contribution in [-0.2, 0) is 14.3 Å². The summed E-state index contributed by atoms with van der Waals surface area (Å²) in [6, 6.07) is 14.8. The van der Waals surface area contributed by atoms with E-state index in [1.165, 1.54) is 10.6 Å². The van der Waals surface area contributed by atoms with Crippen LogP contribution in [0.1, 0.15) is 5.56 Å². The van der Waals surface area contributed by atoms with E-state index in [1.807, 2.05) is 12.1 Å². The van der Waals surface area contributed by atoms with E-state index in [9.17, 15) is 9.59 Å². The normalized spacial score (nSPS) is 19.6. The van der Waals surface area contributed by atoms with Crippen molar-refractivity contribution in [1.82, 2.24) is 0 Å². The number of carbonyl (C=O) groups is 2. The number of ether oxygens (including phenoxy) is 2. The highest BCUT2D eigenvalue weighted by atomic mass is 32.2. The van der Waals surface area contributed by atoms with Crippen molar-refractivity contribution in [2.24, 2.45) is 0 Å². The second-order valence-corrected chi connectivity index (χ2v) is 7.31. The number of aliphatic carboxylic acids is 2. The van der Waals surface area contributed by atoms with Gasteiger partial charge in [-0.15, -0.1) is 11.8 Å². The molecule has 8 heteroatoms. The molecule has 2 aliphatic rings. The van der Waals surface area contributed by atoms with Crippen LogP contribution >= 0.6 is 11.8 Å². The fourth-order valence-electron chi connectivity index (χ4n) is 2.99. The monoisotopic (exact) mass is 399 g/mol. The number of thioether (sulfide) groups is 1. The number of benzene rings is 2. The number of nitrogens with zero attached hydrogens (tertiary/aromatic N) is 1. The maximum absolute atomic E-state index is 10.9. The van der Waals surface area contributed by atoms with Gasteiger partial charge in [0.05, 0.1) is 11.6 Å². The first-order valence-corrected chi connectivity index (χ1v) is 9.56. The van der Waals surface area contributed by atoms with Gasteiger partial charge in [-0.25, -0.2) is 9.59 Å². The van der Waals surface area contributed by atoms with Crippen LogP contribution in [0.15, 0.2) is 59.0 Å².